The maximum atomic E-state index is 14.7. The van der Waals surface area contributed by atoms with Crippen molar-refractivity contribution >= 4 is 0 Å². The molecule has 7 heteroatoms. The number of piperazine rings is 1. The summed E-state index contributed by atoms with van der Waals surface area (Å²) < 4.78 is 16.5. The lowest BCUT2D eigenvalue weighted by Crippen LogP contribution is -2.48. The molecule has 2 aromatic rings. The number of halogens is 1. The fourth-order valence-electron chi connectivity index (χ4n) is 3.42. The monoisotopic (exact) mass is 358 g/mol. The van der Waals surface area contributed by atoms with Crippen molar-refractivity contribution in [2.75, 3.05) is 32.7 Å². The van der Waals surface area contributed by atoms with E-state index in [1.54, 1.807) is 10.7 Å². The Kier molecular flexibility index (Phi) is 5.48. The Bertz CT molecular complexity index is 742. The number of tetrazole rings is 1. The van der Waals surface area contributed by atoms with Crippen molar-refractivity contribution in [2.45, 2.75) is 32.4 Å². The van der Waals surface area contributed by atoms with Crippen molar-refractivity contribution in [3.8, 4) is 0 Å². The van der Waals surface area contributed by atoms with Crippen molar-refractivity contribution in [1.29, 1.82) is 0 Å². The molecule has 1 atom stereocenters. The first-order valence-corrected chi connectivity index (χ1v) is 9.02. The third kappa shape index (κ3) is 3.83. The van der Waals surface area contributed by atoms with Crippen molar-refractivity contribution in [3.63, 3.8) is 0 Å². The van der Waals surface area contributed by atoms with Crippen LogP contribution in [0.1, 0.15) is 38.2 Å². The predicted octanol–water partition coefficient (Wildman–Crippen LogP) is 2.46. The Hall–Kier alpha value is -2.12. The third-order valence-electron chi connectivity index (χ3n) is 4.73. The summed E-state index contributed by atoms with van der Waals surface area (Å²) in [5, 5.41) is 12.4. The zero-order valence-corrected chi connectivity index (χ0v) is 15.8. The highest BCUT2D eigenvalue weighted by Gasteiger charge is 2.34. The van der Waals surface area contributed by atoms with Crippen molar-refractivity contribution in [2.24, 2.45) is 0 Å². The van der Waals surface area contributed by atoms with E-state index in [1.807, 2.05) is 39.0 Å². The molecular weight excluding hydrogens is 331 g/mol. The van der Waals surface area contributed by atoms with Crippen LogP contribution in [0.2, 0.25) is 0 Å². The molecule has 0 radical (unpaired) electrons. The van der Waals surface area contributed by atoms with Crippen LogP contribution in [0.5, 0.6) is 0 Å². The highest BCUT2D eigenvalue weighted by molar-refractivity contribution is 5.27. The van der Waals surface area contributed by atoms with Gasteiger partial charge < -0.3 is 0 Å². The molecule has 0 aliphatic carbocycles. The standard InChI is InChI=1S/C19H27FN6/c1-5-10-24-11-13-25(14-12-24)17(15-8-6-7-9-16(15)20)18-21-22-23-26(18)19(2,3)4/h5-9,17H,1,10-14H2,2-4H3/t17-/m1/s1. The molecule has 6 nitrogen and oxygen atoms in total. The zero-order valence-electron chi connectivity index (χ0n) is 15.8. The van der Waals surface area contributed by atoms with E-state index in [0.717, 1.165) is 32.7 Å². The van der Waals surface area contributed by atoms with Crippen LogP contribution in [0.3, 0.4) is 0 Å². The lowest BCUT2D eigenvalue weighted by Gasteiger charge is -2.39. The van der Waals surface area contributed by atoms with Crippen molar-refractivity contribution in [1.82, 2.24) is 30.0 Å². The first kappa shape index (κ1) is 18.7. The SMILES string of the molecule is C=CCN1CCN([C@H](c2ccccc2F)c2nnnn2C(C)(C)C)CC1. The maximum Gasteiger partial charge on any atom is 0.173 e. The molecule has 0 unspecified atom stereocenters. The van der Waals surface area contributed by atoms with Gasteiger partial charge in [0.05, 0.1) is 5.54 Å². The average Bonchev–Trinajstić information content (AvgIpc) is 3.08. The van der Waals surface area contributed by atoms with E-state index in [4.69, 9.17) is 0 Å². The third-order valence-corrected chi connectivity index (χ3v) is 4.73. The smallest absolute Gasteiger partial charge is 0.173 e. The van der Waals surface area contributed by atoms with Gasteiger partial charge in [0.15, 0.2) is 5.82 Å². The second-order valence-corrected chi connectivity index (χ2v) is 7.67. The van der Waals surface area contributed by atoms with Crippen molar-refractivity contribution < 1.29 is 4.39 Å². The minimum atomic E-state index is -0.309. The molecule has 1 aliphatic heterocycles. The van der Waals surface area contributed by atoms with Crippen molar-refractivity contribution in [3.05, 3.63) is 54.1 Å². The molecule has 0 bridgehead atoms. The van der Waals surface area contributed by atoms with Gasteiger partial charge in [0.2, 0.25) is 0 Å². The van der Waals surface area contributed by atoms with Gasteiger partial charge in [-0.05, 0) is 37.3 Å². The van der Waals surface area contributed by atoms with Crippen LogP contribution < -0.4 is 0 Å². The van der Waals surface area contributed by atoms with Gasteiger partial charge in [-0.25, -0.2) is 9.07 Å². The van der Waals surface area contributed by atoms with Crippen LogP contribution in [0.15, 0.2) is 36.9 Å². The second-order valence-electron chi connectivity index (χ2n) is 7.67. The molecule has 1 saturated heterocycles. The van der Waals surface area contributed by atoms with Gasteiger partial charge in [-0.2, -0.15) is 0 Å². The van der Waals surface area contributed by atoms with Crippen LogP contribution in [0.4, 0.5) is 4.39 Å². The highest BCUT2D eigenvalue weighted by atomic mass is 19.1. The lowest BCUT2D eigenvalue weighted by molar-refractivity contribution is 0.108. The summed E-state index contributed by atoms with van der Waals surface area (Å²) in [4.78, 5) is 4.61. The molecule has 0 spiro atoms. The summed E-state index contributed by atoms with van der Waals surface area (Å²) in [7, 11) is 0. The molecule has 0 amide bonds. The number of nitrogens with zero attached hydrogens (tertiary/aromatic N) is 6. The minimum absolute atomic E-state index is 0.227. The van der Waals surface area contributed by atoms with E-state index in [-0.39, 0.29) is 17.4 Å². The quantitative estimate of drug-likeness (QED) is 0.769. The molecule has 0 N–H and O–H groups in total. The Morgan fingerprint density at radius 1 is 1.19 bits per heavy atom. The van der Waals surface area contributed by atoms with Crippen LogP contribution >= 0.6 is 0 Å². The molecule has 2 heterocycles. The Labute approximate surface area is 154 Å². The number of aromatic nitrogens is 4. The molecule has 140 valence electrons. The molecule has 1 aromatic heterocycles. The van der Waals surface area contributed by atoms with Gasteiger partial charge in [0.25, 0.3) is 0 Å². The van der Waals surface area contributed by atoms with Crippen LogP contribution in [-0.4, -0.2) is 62.7 Å². The maximum absolute atomic E-state index is 14.7. The lowest BCUT2D eigenvalue weighted by atomic mass is 10.0. The molecule has 1 aliphatic rings. The Balaban J connectivity index is 1.98. The Morgan fingerprint density at radius 3 is 2.50 bits per heavy atom. The number of benzene rings is 1. The summed E-state index contributed by atoms with van der Waals surface area (Å²) in [5.41, 5.74) is 0.331. The van der Waals surface area contributed by atoms with E-state index >= 15 is 0 Å². The summed E-state index contributed by atoms with van der Waals surface area (Å²) in [6, 6.07) is 6.60. The van der Waals surface area contributed by atoms with Crippen LogP contribution in [0.25, 0.3) is 0 Å². The summed E-state index contributed by atoms with van der Waals surface area (Å²) >= 11 is 0. The highest BCUT2D eigenvalue weighted by Crippen LogP contribution is 2.31. The fourth-order valence-corrected chi connectivity index (χ4v) is 3.42. The molecule has 1 fully saturated rings. The van der Waals surface area contributed by atoms with Gasteiger partial charge in [-0.1, -0.05) is 24.3 Å². The summed E-state index contributed by atoms with van der Waals surface area (Å²) in [6.45, 7) is 14.3. The number of hydrogen-bond acceptors (Lipinski definition) is 5. The average molecular weight is 358 g/mol. The minimum Gasteiger partial charge on any atom is -0.297 e. The normalized spacial score (nSPS) is 18.0. The zero-order chi connectivity index (χ0) is 18.7. The van der Waals surface area contributed by atoms with Crippen LogP contribution in [-0.2, 0) is 5.54 Å². The Morgan fingerprint density at radius 2 is 1.88 bits per heavy atom. The largest absolute Gasteiger partial charge is 0.297 e. The van der Waals surface area contributed by atoms with E-state index < -0.39 is 0 Å². The first-order valence-electron chi connectivity index (χ1n) is 9.02. The summed E-state index contributed by atoms with van der Waals surface area (Å²) in [6.07, 6.45) is 1.92. The summed E-state index contributed by atoms with van der Waals surface area (Å²) in [5.74, 6) is 0.453. The van der Waals surface area contributed by atoms with Gasteiger partial charge in [-0.3, -0.25) is 9.80 Å². The topological polar surface area (TPSA) is 50.1 Å². The van der Waals surface area contributed by atoms with Gasteiger partial charge in [-0.15, -0.1) is 11.7 Å². The number of hydrogen-bond donors (Lipinski definition) is 0. The molecule has 3 rings (SSSR count). The van der Waals surface area contributed by atoms with E-state index in [1.165, 1.54) is 6.07 Å². The van der Waals surface area contributed by atoms with Gasteiger partial charge in [0, 0.05) is 38.3 Å². The predicted molar refractivity (Wildman–Crippen MR) is 99.3 cm³/mol. The van der Waals surface area contributed by atoms with E-state index in [9.17, 15) is 4.39 Å². The second kappa shape index (κ2) is 7.63. The molecule has 26 heavy (non-hydrogen) atoms. The van der Waals surface area contributed by atoms with Gasteiger partial charge in [0.1, 0.15) is 11.9 Å². The van der Waals surface area contributed by atoms with Gasteiger partial charge >= 0.3 is 0 Å². The van der Waals surface area contributed by atoms with E-state index in [0.29, 0.717) is 11.4 Å². The van der Waals surface area contributed by atoms with E-state index in [2.05, 4.69) is 31.9 Å². The fraction of sp³-hybridized carbons (Fsp3) is 0.526. The number of rotatable bonds is 5. The molecule has 1 aromatic carbocycles. The van der Waals surface area contributed by atoms with Crippen LogP contribution in [0, 0.1) is 5.82 Å². The molecular formula is C19H27FN6. The first-order chi connectivity index (χ1) is 12.4. The molecule has 0 saturated carbocycles.